The SMILES string of the molecule is C[C@H](Cc1ccsc1)NC(=O)c1ccc(Cl)c(NS(C)(=O)=O)c1. The molecular formula is C15H17ClN2O3S2. The molecule has 1 aromatic heterocycles. The van der Waals surface area contributed by atoms with Crippen molar-refractivity contribution >= 4 is 44.6 Å². The number of hydrogen-bond acceptors (Lipinski definition) is 4. The number of nitrogens with one attached hydrogen (secondary N) is 2. The van der Waals surface area contributed by atoms with Crippen LogP contribution in [0.2, 0.25) is 5.02 Å². The van der Waals surface area contributed by atoms with Crippen LogP contribution >= 0.6 is 22.9 Å². The molecular weight excluding hydrogens is 356 g/mol. The van der Waals surface area contributed by atoms with Crippen molar-refractivity contribution in [1.29, 1.82) is 0 Å². The van der Waals surface area contributed by atoms with Crippen LogP contribution in [0.25, 0.3) is 0 Å². The molecule has 0 aliphatic heterocycles. The Bertz CT molecular complexity index is 789. The zero-order valence-corrected chi connectivity index (χ0v) is 15.1. The Labute approximate surface area is 144 Å². The minimum absolute atomic E-state index is 0.0425. The highest BCUT2D eigenvalue weighted by Crippen LogP contribution is 2.24. The lowest BCUT2D eigenvalue weighted by molar-refractivity contribution is 0.0940. The molecule has 0 radical (unpaired) electrons. The minimum Gasteiger partial charge on any atom is -0.349 e. The monoisotopic (exact) mass is 372 g/mol. The molecule has 1 atom stereocenters. The van der Waals surface area contributed by atoms with E-state index in [2.05, 4.69) is 10.0 Å². The van der Waals surface area contributed by atoms with Crippen molar-refractivity contribution < 1.29 is 13.2 Å². The molecule has 0 aliphatic rings. The van der Waals surface area contributed by atoms with Gasteiger partial charge in [0.15, 0.2) is 0 Å². The van der Waals surface area contributed by atoms with Gasteiger partial charge in [-0.2, -0.15) is 11.3 Å². The van der Waals surface area contributed by atoms with Gasteiger partial charge in [-0.25, -0.2) is 8.42 Å². The highest BCUT2D eigenvalue weighted by Gasteiger charge is 2.14. The second-order valence-electron chi connectivity index (χ2n) is 5.28. The summed E-state index contributed by atoms with van der Waals surface area (Å²) < 4.78 is 24.9. The Balaban J connectivity index is 2.08. The molecule has 0 saturated carbocycles. The highest BCUT2D eigenvalue weighted by molar-refractivity contribution is 7.92. The van der Waals surface area contributed by atoms with E-state index < -0.39 is 10.0 Å². The number of amides is 1. The molecule has 0 unspecified atom stereocenters. The molecule has 23 heavy (non-hydrogen) atoms. The fraction of sp³-hybridized carbons (Fsp3) is 0.267. The van der Waals surface area contributed by atoms with Crippen molar-refractivity contribution in [3.63, 3.8) is 0 Å². The molecule has 0 aliphatic carbocycles. The zero-order valence-electron chi connectivity index (χ0n) is 12.7. The van der Waals surface area contributed by atoms with Gasteiger partial charge in [-0.1, -0.05) is 11.6 Å². The van der Waals surface area contributed by atoms with E-state index in [1.165, 1.54) is 17.7 Å². The van der Waals surface area contributed by atoms with Crippen LogP contribution in [0, 0.1) is 0 Å². The lowest BCUT2D eigenvalue weighted by Crippen LogP contribution is -2.34. The van der Waals surface area contributed by atoms with E-state index in [0.29, 0.717) is 5.56 Å². The molecule has 1 amide bonds. The van der Waals surface area contributed by atoms with Gasteiger partial charge in [-0.3, -0.25) is 9.52 Å². The topological polar surface area (TPSA) is 75.3 Å². The predicted octanol–water partition coefficient (Wildman–Crippen LogP) is 3.13. The van der Waals surface area contributed by atoms with Crippen molar-refractivity contribution in [3.8, 4) is 0 Å². The number of thiophene rings is 1. The van der Waals surface area contributed by atoms with Crippen LogP contribution in [-0.2, 0) is 16.4 Å². The molecule has 124 valence electrons. The first-order valence-electron chi connectivity index (χ1n) is 6.84. The third-order valence-electron chi connectivity index (χ3n) is 3.02. The molecule has 2 rings (SSSR count). The number of sulfonamides is 1. The third-order valence-corrected chi connectivity index (χ3v) is 4.68. The van der Waals surface area contributed by atoms with E-state index in [-0.39, 0.29) is 22.7 Å². The number of carbonyl (C=O) groups is 1. The Kier molecular flexibility index (Phi) is 5.67. The molecule has 5 nitrogen and oxygen atoms in total. The first-order valence-corrected chi connectivity index (χ1v) is 10.0. The average molecular weight is 373 g/mol. The van der Waals surface area contributed by atoms with Gasteiger partial charge < -0.3 is 5.32 Å². The first kappa shape index (κ1) is 17.8. The standard InChI is InChI=1S/C15H17ClN2O3S2/c1-10(7-11-5-6-22-9-11)17-15(19)12-3-4-13(16)14(8-12)18-23(2,20)21/h3-6,8-10,18H,7H2,1-2H3,(H,17,19)/t10-/m1/s1. The number of hydrogen-bond donors (Lipinski definition) is 2. The van der Waals surface area contributed by atoms with Gasteiger partial charge in [0.25, 0.3) is 5.91 Å². The molecule has 2 aromatic rings. The van der Waals surface area contributed by atoms with E-state index in [9.17, 15) is 13.2 Å². The van der Waals surface area contributed by atoms with Crippen molar-refractivity contribution in [3.05, 3.63) is 51.2 Å². The van der Waals surface area contributed by atoms with E-state index in [1.54, 1.807) is 17.4 Å². The fourth-order valence-electron chi connectivity index (χ4n) is 2.06. The lowest BCUT2D eigenvalue weighted by atomic mass is 10.1. The van der Waals surface area contributed by atoms with Gasteiger partial charge in [-0.05, 0) is 53.9 Å². The second kappa shape index (κ2) is 7.33. The lowest BCUT2D eigenvalue weighted by Gasteiger charge is -2.14. The predicted molar refractivity (Wildman–Crippen MR) is 94.9 cm³/mol. The van der Waals surface area contributed by atoms with Crippen LogP contribution in [0.3, 0.4) is 0 Å². The van der Waals surface area contributed by atoms with Crippen molar-refractivity contribution in [2.75, 3.05) is 11.0 Å². The summed E-state index contributed by atoms with van der Waals surface area (Å²) in [7, 11) is -3.46. The number of rotatable bonds is 6. The van der Waals surface area contributed by atoms with E-state index >= 15 is 0 Å². The molecule has 0 fully saturated rings. The van der Waals surface area contributed by atoms with Crippen LogP contribution < -0.4 is 10.0 Å². The maximum atomic E-state index is 12.3. The molecule has 0 saturated heterocycles. The summed E-state index contributed by atoms with van der Waals surface area (Å²) in [5.41, 5.74) is 1.70. The normalized spacial score (nSPS) is 12.7. The largest absolute Gasteiger partial charge is 0.349 e. The average Bonchev–Trinajstić information content (AvgIpc) is 2.92. The van der Waals surface area contributed by atoms with Gasteiger partial charge in [-0.15, -0.1) is 0 Å². The van der Waals surface area contributed by atoms with E-state index in [4.69, 9.17) is 11.6 Å². The first-order chi connectivity index (χ1) is 10.7. The molecule has 8 heteroatoms. The molecule has 1 heterocycles. The summed E-state index contributed by atoms with van der Waals surface area (Å²) in [5.74, 6) is -0.277. The van der Waals surface area contributed by atoms with Crippen LogP contribution in [-0.4, -0.2) is 26.6 Å². The van der Waals surface area contributed by atoms with Crippen LogP contribution in [0.4, 0.5) is 5.69 Å². The Morgan fingerprint density at radius 2 is 2.09 bits per heavy atom. The Hall–Kier alpha value is -1.57. The van der Waals surface area contributed by atoms with Crippen LogP contribution in [0.1, 0.15) is 22.8 Å². The Morgan fingerprint density at radius 1 is 1.35 bits per heavy atom. The van der Waals surface area contributed by atoms with E-state index in [0.717, 1.165) is 12.7 Å². The van der Waals surface area contributed by atoms with Crippen molar-refractivity contribution in [2.45, 2.75) is 19.4 Å². The summed E-state index contributed by atoms with van der Waals surface area (Å²) in [5, 5.41) is 7.16. The summed E-state index contributed by atoms with van der Waals surface area (Å²) >= 11 is 7.56. The van der Waals surface area contributed by atoms with Gasteiger partial charge in [0.2, 0.25) is 10.0 Å². The van der Waals surface area contributed by atoms with Gasteiger partial charge in [0.05, 0.1) is 17.0 Å². The maximum Gasteiger partial charge on any atom is 0.251 e. The molecule has 0 bridgehead atoms. The van der Waals surface area contributed by atoms with Gasteiger partial charge >= 0.3 is 0 Å². The summed E-state index contributed by atoms with van der Waals surface area (Å²) in [6.07, 6.45) is 1.76. The fourth-order valence-corrected chi connectivity index (χ4v) is 3.54. The van der Waals surface area contributed by atoms with Gasteiger partial charge in [0.1, 0.15) is 0 Å². The minimum atomic E-state index is -3.46. The smallest absolute Gasteiger partial charge is 0.251 e. The third kappa shape index (κ3) is 5.53. The maximum absolute atomic E-state index is 12.3. The second-order valence-corrected chi connectivity index (χ2v) is 8.21. The molecule has 0 spiro atoms. The van der Waals surface area contributed by atoms with Crippen molar-refractivity contribution in [1.82, 2.24) is 5.32 Å². The molecule has 1 aromatic carbocycles. The van der Waals surface area contributed by atoms with Gasteiger partial charge in [0, 0.05) is 11.6 Å². The number of halogens is 1. The van der Waals surface area contributed by atoms with Crippen molar-refractivity contribution in [2.24, 2.45) is 0 Å². The number of carbonyl (C=O) groups excluding carboxylic acids is 1. The summed E-state index contributed by atoms with van der Waals surface area (Å²) in [6, 6.07) is 6.45. The Morgan fingerprint density at radius 3 is 2.70 bits per heavy atom. The van der Waals surface area contributed by atoms with Crippen LogP contribution in [0.15, 0.2) is 35.0 Å². The quantitative estimate of drug-likeness (QED) is 0.817. The van der Waals surface area contributed by atoms with Crippen LogP contribution in [0.5, 0.6) is 0 Å². The number of anilines is 1. The van der Waals surface area contributed by atoms with E-state index in [1.807, 2.05) is 23.8 Å². The zero-order chi connectivity index (χ0) is 17.0. The summed E-state index contributed by atoms with van der Waals surface area (Å²) in [6.45, 7) is 1.92. The highest BCUT2D eigenvalue weighted by atomic mass is 35.5. The molecule has 2 N–H and O–H groups in total. The number of benzene rings is 1. The summed E-state index contributed by atoms with van der Waals surface area (Å²) in [4.78, 5) is 12.3.